The highest BCUT2D eigenvalue weighted by Crippen LogP contribution is 2.22. The van der Waals surface area contributed by atoms with Gasteiger partial charge in [-0.05, 0) is 26.7 Å². The second-order valence-electron chi connectivity index (χ2n) is 5.06. The second kappa shape index (κ2) is 5.17. The fourth-order valence-electron chi connectivity index (χ4n) is 1.70. The van der Waals surface area contributed by atoms with Crippen molar-refractivity contribution in [2.75, 3.05) is 13.6 Å². The van der Waals surface area contributed by atoms with Crippen LogP contribution in [0.4, 0.5) is 4.79 Å². The predicted octanol–water partition coefficient (Wildman–Crippen LogP) is 1.13. The summed E-state index contributed by atoms with van der Waals surface area (Å²) < 4.78 is 0. The van der Waals surface area contributed by atoms with Crippen LogP contribution in [0.5, 0.6) is 0 Å². The Morgan fingerprint density at radius 2 is 1.78 bits per heavy atom. The highest BCUT2D eigenvalue weighted by Gasteiger charge is 2.41. The molecule has 1 rings (SSSR count). The number of imide groups is 2. The zero-order valence-electron chi connectivity index (χ0n) is 10.9. The average Bonchev–Trinajstić information content (AvgIpc) is 2.51. The van der Waals surface area contributed by atoms with Crippen molar-refractivity contribution < 1.29 is 14.4 Å². The first-order valence-corrected chi connectivity index (χ1v) is 5.85. The Balaban J connectivity index is 2.42. The van der Waals surface area contributed by atoms with Gasteiger partial charge >= 0.3 is 17.8 Å². The van der Waals surface area contributed by atoms with Gasteiger partial charge < -0.3 is 0 Å². The van der Waals surface area contributed by atoms with Crippen LogP contribution in [0.2, 0.25) is 0 Å². The molecule has 0 atom stereocenters. The zero-order chi connectivity index (χ0) is 13.9. The van der Waals surface area contributed by atoms with Crippen molar-refractivity contribution in [3.05, 3.63) is 0 Å². The average molecular weight is 251 g/mol. The van der Waals surface area contributed by atoms with E-state index in [0.717, 1.165) is 16.2 Å². The number of nitrogens with zero attached hydrogens (tertiary/aromatic N) is 3. The molecule has 0 aromatic rings. The van der Waals surface area contributed by atoms with Gasteiger partial charge in [0, 0.05) is 13.6 Å². The van der Waals surface area contributed by atoms with Crippen LogP contribution in [0.3, 0.4) is 0 Å². The number of carbonyl (C=O) groups is 3. The molecule has 1 heterocycles. The van der Waals surface area contributed by atoms with E-state index in [-0.39, 0.29) is 6.54 Å². The normalized spacial score (nSPS) is 16.4. The molecule has 0 bridgehead atoms. The van der Waals surface area contributed by atoms with Gasteiger partial charge in [0.15, 0.2) is 0 Å². The second-order valence-corrected chi connectivity index (χ2v) is 5.06. The van der Waals surface area contributed by atoms with Gasteiger partial charge in [-0.25, -0.2) is 4.79 Å². The molecule has 4 amide bonds. The molecule has 0 aromatic carbocycles. The topological polar surface area (TPSA) is 81.5 Å². The maximum Gasteiger partial charge on any atom is 0.333 e. The van der Waals surface area contributed by atoms with Crippen molar-refractivity contribution in [1.82, 2.24) is 9.80 Å². The van der Waals surface area contributed by atoms with Crippen molar-refractivity contribution in [3.8, 4) is 6.07 Å². The van der Waals surface area contributed by atoms with Crippen LogP contribution < -0.4 is 0 Å². The van der Waals surface area contributed by atoms with Gasteiger partial charge in [-0.15, -0.1) is 0 Å². The lowest BCUT2D eigenvalue weighted by Gasteiger charge is -2.16. The zero-order valence-corrected chi connectivity index (χ0v) is 10.9. The number of hydrogen-bond donors (Lipinski definition) is 0. The number of nitriles is 1. The van der Waals surface area contributed by atoms with Crippen LogP contribution in [-0.4, -0.2) is 41.2 Å². The van der Waals surface area contributed by atoms with E-state index in [1.807, 2.05) is 13.8 Å². The van der Waals surface area contributed by atoms with E-state index in [1.54, 1.807) is 0 Å². The Bertz CT molecular complexity index is 423. The summed E-state index contributed by atoms with van der Waals surface area (Å²) in [5, 5.41) is 8.84. The third-order valence-electron chi connectivity index (χ3n) is 2.99. The van der Waals surface area contributed by atoms with Gasteiger partial charge in [0.2, 0.25) is 0 Å². The van der Waals surface area contributed by atoms with E-state index >= 15 is 0 Å². The minimum Gasteiger partial charge on any atom is -0.263 e. The fourth-order valence-corrected chi connectivity index (χ4v) is 1.70. The van der Waals surface area contributed by atoms with Gasteiger partial charge in [-0.1, -0.05) is 6.42 Å². The Labute approximate surface area is 106 Å². The van der Waals surface area contributed by atoms with Crippen molar-refractivity contribution >= 4 is 17.8 Å². The summed E-state index contributed by atoms with van der Waals surface area (Å²) in [6.07, 6.45) is 2.03. The third kappa shape index (κ3) is 2.86. The number of amides is 4. The largest absolute Gasteiger partial charge is 0.333 e. The van der Waals surface area contributed by atoms with Gasteiger partial charge in [0.25, 0.3) is 0 Å². The molecule has 98 valence electrons. The van der Waals surface area contributed by atoms with E-state index in [1.165, 1.54) is 7.05 Å². The molecule has 0 spiro atoms. The molecule has 0 N–H and O–H groups in total. The number of hydrogen-bond acceptors (Lipinski definition) is 4. The van der Waals surface area contributed by atoms with Crippen LogP contribution in [-0.2, 0) is 9.59 Å². The first kappa shape index (κ1) is 14.2. The summed E-state index contributed by atoms with van der Waals surface area (Å²) in [4.78, 5) is 36.0. The summed E-state index contributed by atoms with van der Waals surface area (Å²) in [7, 11) is 1.29. The molecular formula is C12H17N3O3. The molecule has 0 aromatic heterocycles. The smallest absolute Gasteiger partial charge is 0.263 e. The molecule has 1 saturated heterocycles. The van der Waals surface area contributed by atoms with Gasteiger partial charge in [-0.3, -0.25) is 19.4 Å². The maximum atomic E-state index is 11.5. The molecule has 0 saturated carbocycles. The number of rotatable bonds is 5. The van der Waals surface area contributed by atoms with Gasteiger partial charge in [-0.2, -0.15) is 5.26 Å². The maximum absolute atomic E-state index is 11.5. The van der Waals surface area contributed by atoms with Crippen molar-refractivity contribution in [2.45, 2.75) is 33.1 Å². The van der Waals surface area contributed by atoms with Crippen LogP contribution >= 0.6 is 0 Å². The Morgan fingerprint density at radius 1 is 1.17 bits per heavy atom. The molecule has 1 fully saturated rings. The molecule has 1 aliphatic rings. The molecular weight excluding hydrogens is 234 g/mol. The first-order valence-electron chi connectivity index (χ1n) is 5.85. The molecule has 1 aliphatic heterocycles. The van der Waals surface area contributed by atoms with E-state index in [4.69, 9.17) is 5.26 Å². The minimum atomic E-state index is -0.780. The standard InChI is InChI=1S/C12H17N3O3/c1-12(2,8-13)6-4-5-7-15-10(17)9(16)14(3)11(15)18/h4-7H2,1-3H3. The lowest BCUT2D eigenvalue weighted by molar-refractivity contribution is -0.142. The molecule has 0 radical (unpaired) electrons. The van der Waals surface area contributed by atoms with Gasteiger partial charge in [0.1, 0.15) is 0 Å². The van der Waals surface area contributed by atoms with Crippen LogP contribution in [0.1, 0.15) is 33.1 Å². The van der Waals surface area contributed by atoms with E-state index in [0.29, 0.717) is 12.8 Å². The van der Waals surface area contributed by atoms with Gasteiger partial charge in [0.05, 0.1) is 11.5 Å². The summed E-state index contributed by atoms with van der Waals surface area (Å²) >= 11 is 0. The lowest BCUT2D eigenvalue weighted by atomic mass is 9.89. The fraction of sp³-hybridized carbons (Fsp3) is 0.667. The van der Waals surface area contributed by atoms with Crippen molar-refractivity contribution in [1.29, 1.82) is 5.26 Å². The number of unbranched alkanes of at least 4 members (excludes halogenated alkanes) is 1. The highest BCUT2D eigenvalue weighted by molar-refractivity contribution is 6.44. The SMILES string of the molecule is CN1C(=O)C(=O)N(CCCCC(C)(C)C#N)C1=O. The van der Waals surface area contributed by atoms with E-state index in [2.05, 4.69) is 6.07 Å². The number of urea groups is 1. The molecule has 18 heavy (non-hydrogen) atoms. The monoisotopic (exact) mass is 251 g/mol. The summed E-state index contributed by atoms with van der Waals surface area (Å²) in [5.41, 5.74) is -0.397. The van der Waals surface area contributed by atoms with Crippen molar-refractivity contribution in [3.63, 3.8) is 0 Å². The number of carbonyl (C=O) groups excluding carboxylic acids is 3. The predicted molar refractivity (Wildman–Crippen MR) is 63.1 cm³/mol. The van der Waals surface area contributed by atoms with Crippen molar-refractivity contribution in [2.24, 2.45) is 5.41 Å². The molecule has 0 aliphatic carbocycles. The molecule has 6 nitrogen and oxygen atoms in total. The van der Waals surface area contributed by atoms with E-state index in [9.17, 15) is 14.4 Å². The van der Waals surface area contributed by atoms with Crippen LogP contribution in [0.15, 0.2) is 0 Å². The first-order chi connectivity index (χ1) is 8.30. The molecule has 6 heteroatoms. The Morgan fingerprint density at radius 3 is 2.22 bits per heavy atom. The molecule has 0 unspecified atom stereocenters. The number of likely N-dealkylation sites (N-methyl/N-ethyl adjacent to an activating group) is 1. The third-order valence-corrected chi connectivity index (χ3v) is 2.99. The van der Waals surface area contributed by atoms with E-state index < -0.39 is 23.3 Å². The minimum absolute atomic E-state index is 0.231. The lowest BCUT2D eigenvalue weighted by Crippen LogP contribution is -2.32. The summed E-state index contributed by atoms with van der Waals surface area (Å²) in [5.74, 6) is -1.54. The summed E-state index contributed by atoms with van der Waals surface area (Å²) in [6, 6.07) is 1.63. The highest BCUT2D eigenvalue weighted by atomic mass is 16.2. The van der Waals surface area contributed by atoms with Crippen LogP contribution in [0, 0.1) is 16.7 Å². The Hall–Kier alpha value is -1.90. The van der Waals surface area contributed by atoms with Crippen LogP contribution in [0.25, 0.3) is 0 Å². The Kier molecular flexibility index (Phi) is 4.07. The quantitative estimate of drug-likeness (QED) is 0.416. The summed E-state index contributed by atoms with van der Waals surface area (Å²) in [6.45, 7) is 3.92.